The van der Waals surface area contributed by atoms with E-state index in [2.05, 4.69) is 5.32 Å². The molecule has 0 saturated carbocycles. The summed E-state index contributed by atoms with van der Waals surface area (Å²) in [7, 11) is 0. The summed E-state index contributed by atoms with van der Waals surface area (Å²) in [4.78, 5) is 24.7. The summed E-state index contributed by atoms with van der Waals surface area (Å²) in [5.41, 5.74) is 1.01. The van der Waals surface area contributed by atoms with Crippen molar-refractivity contribution in [2.45, 2.75) is 26.3 Å². The zero-order valence-corrected chi connectivity index (χ0v) is 14.9. The van der Waals surface area contributed by atoms with Gasteiger partial charge < -0.3 is 14.5 Å². The number of nitrogens with one attached hydrogen (secondary N) is 1. The van der Waals surface area contributed by atoms with Crippen molar-refractivity contribution in [3.8, 4) is 5.75 Å². The highest BCUT2D eigenvalue weighted by molar-refractivity contribution is 7.10. The monoisotopic (exact) mass is 357 g/mol. The lowest BCUT2D eigenvalue weighted by molar-refractivity contribution is -0.123. The van der Waals surface area contributed by atoms with E-state index in [0.717, 1.165) is 22.2 Å². The molecule has 0 aliphatic heterocycles. The number of rotatable bonds is 6. The number of hydrogen-bond donors (Lipinski definition) is 1. The number of carbonyl (C=O) groups is 1. The third-order valence-electron chi connectivity index (χ3n) is 3.90. The molecule has 2 heterocycles. The average Bonchev–Trinajstić information content (AvgIpc) is 3.13. The van der Waals surface area contributed by atoms with Crippen LogP contribution in [0.3, 0.4) is 0 Å². The lowest BCUT2D eigenvalue weighted by Gasteiger charge is -2.13. The van der Waals surface area contributed by atoms with Gasteiger partial charge in [0.2, 0.25) is 0 Å². The smallest absolute Gasteiger partial charge is 0.336 e. The Morgan fingerprint density at radius 2 is 2.16 bits per heavy atom. The molecule has 3 rings (SSSR count). The minimum absolute atomic E-state index is 0.0576. The van der Waals surface area contributed by atoms with E-state index in [1.54, 1.807) is 23.5 Å². The number of amides is 1. The van der Waals surface area contributed by atoms with Crippen molar-refractivity contribution < 1.29 is 13.9 Å². The Balaban J connectivity index is 1.67. The number of carbonyl (C=O) groups excluding carboxylic acids is 1. The molecule has 1 atom stereocenters. The molecule has 0 fully saturated rings. The first-order chi connectivity index (χ1) is 12.1. The summed E-state index contributed by atoms with van der Waals surface area (Å²) in [6.45, 7) is 3.82. The quantitative estimate of drug-likeness (QED) is 0.684. The van der Waals surface area contributed by atoms with Crippen molar-refractivity contribution in [3.63, 3.8) is 0 Å². The molecule has 0 saturated heterocycles. The van der Waals surface area contributed by atoms with Crippen LogP contribution in [0, 0.1) is 0 Å². The summed E-state index contributed by atoms with van der Waals surface area (Å²) >= 11 is 1.60. The molecule has 2 aromatic heterocycles. The van der Waals surface area contributed by atoms with Crippen molar-refractivity contribution in [1.29, 1.82) is 0 Å². The van der Waals surface area contributed by atoms with Gasteiger partial charge in [0.05, 0.1) is 6.04 Å². The van der Waals surface area contributed by atoms with Gasteiger partial charge in [0.1, 0.15) is 11.3 Å². The van der Waals surface area contributed by atoms with Crippen LogP contribution in [0.25, 0.3) is 11.0 Å². The van der Waals surface area contributed by atoms with Crippen LogP contribution in [0.5, 0.6) is 5.75 Å². The van der Waals surface area contributed by atoms with Gasteiger partial charge in [-0.2, -0.15) is 0 Å². The highest BCUT2D eigenvalue weighted by Crippen LogP contribution is 2.23. The van der Waals surface area contributed by atoms with Crippen LogP contribution in [0.2, 0.25) is 0 Å². The van der Waals surface area contributed by atoms with Gasteiger partial charge in [-0.05, 0) is 42.5 Å². The van der Waals surface area contributed by atoms with Crippen LogP contribution >= 0.6 is 11.3 Å². The van der Waals surface area contributed by atoms with Crippen molar-refractivity contribution >= 4 is 28.2 Å². The van der Waals surface area contributed by atoms with Gasteiger partial charge in [-0.1, -0.05) is 13.0 Å². The minimum atomic E-state index is -0.385. The molecule has 130 valence electrons. The van der Waals surface area contributed by atoms with E-state index in [-0.39, 0.29) is 24.2 Å². The summed E-state index contributed by atoms with van der Waals surface area (Å²) in [6.07, 6.45) is 0.741. The predicted octanol–water partition coefficient (Wildman–Crippen LogP) is 3.67. The Morgan fingerprint density at radius 3 is 2.88 bits per heavy atom. The maximum absolute atomic E-state index is 12.0. The third kappa shape index (κ3) is 4.09. The molecule has 1 N–H and O–H groups in total. The van der Waals surface area contributed by atoms with Gasteiger partial charge in [0.15, 0.2) is 6.61 Å². The fourth-order valence-electron chi connectivity index (χ4n) is 2.63. The Bertz CT molecular complexity index is 930. The molecule has 0 aliphatic rings. The van der Waals surface area contributed by atoms with Crippen LogP contribution in [0.4, 0.5) is 0 Å². The first-order valence-corrected chi connectivity index (χ1v) is 8.97. The summed E-state index contributed by atoms with van der Waals surface area (Å²) < 4.78 is 10.8. The zero-order chi connectivity index (χ0) is 17.8. The first kappa shape index (κ1) is 17.2. The molecule has 1 amide bonds. The van der Waals surface area contributed by atoms with E-state index in [1.807, 2.05) is 37.4 Å². The SMILES string of the molecule is CCc1cc(=O)oc2cc(OCC(=O)NC(C)c3cccs3)ccc12. The average molecular weight is 357 g/mol. The summed E-state index contributed by atoms with van der Waals surface area (Å²) in [5.74, 6) is 0.285. The van der Waals surface area contributed by atoms with Crippen molar-refractivity contribution in [2.75, 3.05) is 6.61 Å². The van der Waals surface area contributed by atoms with E-state index in [9.17, 15) is 9.59 Å². The molecule has 0 spiro atoms. The lowest BCUT2D eigenvalue weighted by Crippen LogP contribution is -2.30. The maximum Gasteiger partial charge on any atom is 0.336 e. The molecule has 25 heavy (non-hydrogen) atoms. The fraction of sp³-hybridized carbons (Fsp3) is 0.263. The van der Waals surface area contributed by atoms with Gasteiger partial charge >= 0.3 is 5.63 Å². The summed E-state index contributed by atoms with van der Waals surface area (Å²) in [5, 5.41) is 5.74. The number of ether oxygens (including phenoxy) is 1. The number of hydrogen-bond acceptors (Lipinski definition) is 5. The Kier molecular flexibility index (Phi) is 5.19. The molecule has 0 aliphatic carbocycles. The third-order valence-corrected chi connectivity index (χ3v) is 4.95. The highest BCUT2D eigenvalue weighted by Gasteiger charge is 2.11. The van der Waals surface area contributed by atoms with E-state index in [0.29, 0.717) is 11.3 Å². The van der Waals surface area contributed by atoms with E-state index < -0.39 is 0 Å². The Hall–Kier alpha value is -2.60. The molecule has 3 aromatic rings. The molecule has 0 radical (unpaired) electrons. The highest BCUT2D eigenvalue weighted by atomic mass is 32.1. The van der Waals surface area contributed by atoms with Crippen LogP contribution in [0.1, 0.15) is 30.3 Å². The molecule has 1 aromatic carbocycles. The van der Waals surface area contributed by atoms with Crippen molar-refractivity contribution in [2.24, 2.45) is 0 Å². The topological polar surface area (TPSA) is 68.5 Å². The second kappa shape index (κ2) is 7.53. The van der Waals surface area contributed by atoms with Gasteiger partial charge in [0.25, 0.3) is 5.91 Å². The largest absolute Gasteiger partial charge is 0.484 e. The van der Waals surface area contributed by atoms with Gasteiger partial charge in [-0.3, -0.25) is 4.79 Å². The Morgan fingerprint density at radius 1 is 1.32 bits per heavy atom. The standard InChI is InChI=1S/C19H19NO4S/c1-3-13-9-19(22)24-16-10-14(6-7-15(13)16)23-11-18(21)20-12(2)17-5-4-8-25-17/h4-10,12H,3,11H2,1-2H3,(H,20,21). The zero-order valence-electron chi connectivity index (χ0n) is 14.1. The van der Waals surface area contributed by atoms with E-state index in [1.165, 1.54) is 6.07 Å². The first-order valence-electron chi connectivity index (χ1n) is 8.09. The van der Waals surface area contributed by atoms with Crippen molar-refractivity contribution in [1.82, 2.24) is 5.32 Å². The van der Waals surface area contributed by atoms with Crippen molar-refractivity contribution in [3.05, 3.63) is 62.6 Å². The number of benzene rings is 1. The summed E-state index contributed by atoms with van der Waals surface area (Å²) in [6, 6.07) is 10.6. The van der Waals surface area contributed by atoms with Crippen LogP contribution in [0.15, 0.2) is 51.0 Å². The van der Waals surface area contributed by atoms with E-state index >= 15 is 0 Å². The second-order valence-corrected chi connectivity index (χ2v) is 6.67. The number of fused-ring (bicyclic) bond motifs is 1. The van der Waals surface area contributed by atoms with Crippen LogP contribution in [-0.2, 0) is 11.2 Å². The molecule has 1 unspecified atom stereocenters. The molecule has 6 heteroatoms. The van der Waals surface area contributed by atoms with Gasteiger partial charge in [-0.25, -0.2) is 4.79 Å². The normalized spacial score (nSPS) is 12.1. The molecular weight excluding hydrogens is 338 g/mol. The van der Waals surface area contributed by atoms with Gasteiger partial charge in [0, 0.05) is 22.4 Å². The lowest BCUT2D eigenvalue weighted by atomic mass is 10.1. The van der Waals surface area contributed by atoms with Crippen LogP contribution in [-0.4, -0.2) is 12.5 Å². The minimum Gasteiger partial charge on any atom is -0.484 e. The number of thiophene rings is 1. The second-order valence-electron chi connectivity index (χ2n) is 5.70. The molecule has 0 bridgehead atoms. The Labute approximate surface area is 149 Å². The van der Waals surface area contributed by atoms with Gasteiger partial charge in [-0.15, -0.1) is 11.3 Å². The fourth-order valence-corrected chi connectivity index (χ4v) is 3.37. The van der Waals surface area contributed by atoms with E-state index in [4.69, 9.17) is 9.15 Å². The number of aryl methyl sites for hydroxylation is 1. The van der Waals surface area contributed by atoms with Crippen LogP contribution < -0.4 is 15.7 Å². The molecule has 5 nitrogen and oxygen atoms in total. The predicted molar refractivity (Wildman–Crippen MR) is 98.2 cm³/mol. The maximum atomic E-state index is 12.0. The molecular formula is C19H19NO4S.